The molecule has 124 valence electrons. The molecule has 0 fully saturated rings. The Morgan fingerprint density at radius 1 is 1.22 bits per heavy atom. The molecular weight excluding hydrogens is 306 g/mol. The summed E-state index contributed by atoms with van der Waals surface area (Å²) in [4.78, 5) is 12.0. The van der Waals surface area contributed by atoms with Crippen molar-refractivity contribution in [3.63, 3.8) is 0 Å². The van der Waals surface area contributed by atoms with Crippen LogP contribution in [-0.4, -0.2) is 28.0 Å². The second kappa shape index (κ2) is 8.20. The van der Waals surface area contributed by atoms with E-state index in [1.54, 1.807) is 0 Å². The maximum atomic E-state index is 12.0. The van der Waals surface area contributed by atoms with Crippen LogP contribution in [0.1, 0.15) is 28.1 Å². The van der Waals surface area contributed by atoms with Crippen molar-refractivity contribution in [1.82, 2.24) is 15.1 Å². The van der Waals surface area contributed by atoms with Crippen molar-refractivity contribution in [2.45, 2.75) is 32.9 Å². The highest BCUT2D eigenvalue weighted by Crippen LogP contribution is 2.13. The number of nitrogens with one attached hydrogen (secondary N) is 1. The van der Waals surface area contributed by atoms with Gasteiger partial charge in [0.25, 0.3) is 0 Å². The molecule has 2 aromatic rings. The molecule has 0 aliphatic heterocycles. The van der Waals surface area contributed by atoms with Gasteiger partial charge < -0.3 is 5.32 Å². The molecule has 5 heteroatoms. The Morgan fingerprint density at radius 2 is 1.91 bits per heavy atom. The van der Waals surface area contributed by atoms with Crippen LogP contribution in [0.25, 0.3) is 0 Å². The minimum absolute atomic E-state index is 0.0696. The van der Waals surface area contributed by atoms with E-state index in [9.17, 15) is 4.79 Å². The smallest absolute Gasteiger partial charge is 0.224 e. The Kier molecular flexibility index (Phi) is 6.28. The van der Waals surface area contributed by atoms with E-state index in [-0.39, 0.29) is 5.91 Å². The third-order valence-corrected chi connectivity index (χ3v) is 4.98. The lowest BCUT2D eigenvalue weighted by Gasteiger charge is -2.06. The van der Waals surface area contributed by atoms with Gasteiger partial charge in [0.15, 0.2) is 0 Å². The maximum Gasteiger partial charge on any atom is 0.224 e. The van der Waals surface area contributed by atoms with Crippen LogP contribution in [0.2, 0.25) is 0 Å². The SMILES string of the molecule is Cc1ccc(CSCCNC(=O)Cc2c(C)nn(C)c2C)cc1. The van der Waals surface area contributed by atoms with Crippen LogP contribution >= 0.6 is 11.8 Å². The number of aromatic nitrogens is 2. The lowest BCUT2D eigenvalue weighted by Crippen LogP contribution is -2.27. The zero-order valence-electron chi connectivity index (χ0n) is 14.3. The molecule has 1 aromatic heterocycles. The van der Waals surface area contributed by atoms with Crippen molar-refractivity contribution in [3.05, 3.63) is 52.3 Å². The van der Waals surface area contributed by atoms with E-state index in [1.165, 1.54) is 11.1 Å². The molecule has 0 bridgehead atoms. The third-order valence-electron chi connectivity index (χ3n) is 3.95. The quantitative estimate of drug-likeness (QED) is 0.794. The lowest BCUT2D eigenvalue weighted by atomic mass is 10.1. The van der Waals surface area contributed by atoms with Gasteiger partial charge in [0.1, 0.15) is 0 Å². The molecule has 0 saturated heterocycles. The molecule has 0 saturated carbocycles. The van der Waals surface area contributed by atoms with E-state index < -0.39 is 0 Å². The summed E-state index contributed by atoms with van der Waals surface area (Å²) in [5.41, 5.74) is 5.65. The van der Waals surface area contributed by atoms with Gasteiger partial charge >= 0.3 is 0 Å². The fraction of sp³-hybridized carbons (Fsp3) is 0.444. The molecule has 4 nitrogen and oxygen atoms in total. The first-order chi connectivity index (χ1) is 11.0. The van der Waals surface area contributed by atoms with Crippen LogP contribution in [0, 0.1) is 20.8 Å². The number of nitrogens with zero attached hydrogens (tertiary/aromatic N) is 2. The minimum atomic E-state index is 0.0696. The molecule has 0 atom stereocenters. The predicted molar refractivity (Wildman–Crippen MR) is 96.7 cm³/mol. The summed E-state index contributed by atoms with van der Waals surface area (Å²) >= 11 is 1.84. The Bertz CT molecular complexity index is 662. The van der Waals surface area contributed by atoms with Crippen LogP contribution in [0.15, 0.2) is 24.3 Å². The number of carbonyl (C=O) groups excluding carboxylic acids is 1. The molecule has 1 amide bonds. The van der Waals surface area contributed by atoms with E-state index in [0.717, 1.165) is 28.5 Å². The third kappa shape index (κ3) is 5.13. The number of aryl methyl sites for hydroxylation is 3. The van der Waals surface area contributed by atoms with Gasteiger partial charge in [0.2, 0.25) is 5.91 Å². The number of thioether (sulfide) groups is 1. The van der Waals surface area contributed by atoms with Crippen molar-refractivity contribution in [3.8, 4) is 0 Å². The molecule has 0 aliphatic carbocycles. The molecule has 1 aromatic carbocycles. The largest absolute Gasteiger partial charge is 0.355 e. The Balaban J connectivity index is 1.68. The van der Waals surface area contributed by atoms with Crippen molar-refractivity contribution in [2.24, 2.45) is 7.05 Å². The minimum Gasteiger partial charge on any atom is -0.355 e. The van der Waals surface area contributed by atoms with E-state index in [4.69, 9.17) is 0 Å². The van der Waals surface area contributed by atoms with Crippen LogP contribution in [0.3, 0.4) is 0 Å². The van der Waals surface area contributed by atoms with Crippen LogP contribution in [-0.2, 0) is 24.0 Å². The molecular formula is C18H25N3OS. The van der Waals surface area contributed by atoms with Gasteiger partial charge in [-0.15, -0.1) is 0 Å². The van der Waals surface area contributed by atoms with E-state index in [1.807, 2.05) is 37.3 Å². The molecule has 0 aliphatic rings. The summed E-state index contributed by atoms with van der Waals surface area (Å²) in [6, 6.07) is 8.59. The maximum absolute atomic E-state index is 12.0. The zero-order chi connectivity index (χ0) is 16.8. The molecule has 2 rings (SSSR count). The average molecular weight is 331 g/mol. The summed E-state index contributed by atoms with van der Waals surface area (Å²) in [5.74, 6) is 1.97. The topological polar surface area (TPSA) is 46.9 Å². The lowest BCUT2D eigenvalue weighted by molar-refractivity contribution is -0.120. The summed E-state index contributed by atoms with van der Waals surface area (Å²) in [7, 11) is 1.91. The molecule has 1 N–H and O–H groups in total. The highest BCUT2D eigenvalue weighted by molar-refractivity contribution is 7.98. The number of hydrogen-bond donors (Lipinski definition) is 1. The van der Waals surface area contributed by atoms with Gasteiger partial charge in [0.05, 0.1) is 12.1 Å². The van der Waals surface area contributed by atoms with Crippen molar-refractivity contribution < 1.29 is 4.79 Å². The summed E-state index contributed by atoms with van der Waals surface area (Å²) in [6.07, 6.45) is 0.411. The summed E-state index contributed by atoms with van der Waals surface area (Å²) in [5, 5.41) is 7.34. The van der Waals surface area contributed by atoms with E-state index in [0.29, 0.717) is 13.0 Å². The first kappa shape index (κ1) is 17.6. The van der Waals surface area contributed by atoms with Crippen molar-refractivity contribution >= 4 is 17.7 Å². The highest BCUT2D eigenvalue weighted by atomic mass is 32.2. The van der Waals surface area contributed by atoms with Gasteiger partial charge in [-0.1, -0.05) is 29.8 Å². The summed E-state index contributed by atoms with van der Waals surface area (Å²) < 4.78 is 1.83. The number of rotatable bonds is 7. The molecule has 23 heavy (non-hydrogen) atoms. The Hall–Kier alpha value is -1.75. The van der Waals surface area contributed by atoms with Crippen molar-refractivity contribution in [1.29, 1.82) is 0 Å². The Labute approximate surface area is 142 Å². The van der Waals surface area contributed by atoms with E-state index >= 15 is 0 Å². The van der Waals surface area contributed by atoms with E-state index in [2.05, 4.69) is 41.6 Å². The van der Waals surface area contributed by atoms with Crippen LogP contribution in [0.5, 0.6) is 0 Å². The second-order valence-electron chi connectivity index (χ2n) is 5.84. The number of hydrogen-bond acceptors (Lipinski definition) is 3. The van der Waals surface area contributed by atoms with Crippen molar-refractivity contribution in [2.75, 3.05) is 12.3 Å². The van der Waals surface area contributed by atoms with Gasteiger partial charge in [-0.25, -0.2) is 0 Å². The standard InChI is InChI=1S/C18H25N3OS/c1-13-5-7-16(8-6-13)12-23-10-9-19-18(22)11-17-14(2)20-21(4)15(17)3/h5-8H,9-12H2,1-4H3,(H,19,22). The van der Waals surface area contributed by atoms with Crippen LogP contribution < -0.4 is 5.32 Å². The molecule has 0 radical (unpaired) electrons. The zero-order valence-corrected chi connectivity index (χ0v) is 15.2. The monoisotopic (exact) mass is 331 g/mol. The molecule has 0 spiro atoms. The fourth-order valence-corrected chi connectivity index (χ4v) is 3.25. The first-order valence-electron chi connectivity index (χ1n) is 7.86. The number of benzene rings is 1. The number of carbonyl (C=O) groups is 1. The second-order valence-corrected chi connectivity index (χ2v) is 6.94. The highest BCUT2D eigenvalue weighted by Gasteiger charge is 2.12. The number of amides is 1. The van der Waals surface area contributed by atoms with Gasteiger partial charge in [-0.05, 0) is 26.3 Å². The predicted octanol–water partition coefficient (Wildman–Crippen LogP) is 2.94. The fourth-order valence-electron chi connectivity index (χ4n) is 2.43. The first-order valence-corrected chi connectivity index (χ1v) is 9.02. The molecule has 0 unspecified atom stereocenters. The molecule has 1 heterocycles. The van der Waals surface area contributed by atoms with Gasteiger partial charge in [0, 0.05) is 36.4 Å². The average Bonchev–Trinajstić information content (AvgIpc) is 2.75. The Morgan fingerprint density at radius 3 is 2.52 bits per heavy atom. The van der Waals surface area contributed by atoms with Gasteiger partial charge in [-0.3, -0.25) is 9.48 Å². The van der Waals surface area contributed by atoms with Crippen LogP contribution in [0.4, 0.5) is 0 Å². The summed E-state index contributed by atoms with van der Waals surface area (Å²) in [6.45, 7) is 6.75. The van der Waals surface area contributed by atoms with Gasteiger partial charge in [-0.2, -0.15) is 16.9 Å². The normalized spacial score (nSPS) is 10.8.